The van der Waals surface area contributed by atoms with E-state index in [0.717, 1.165) is 23.3 Å². The highest BCUT2D eigenvalue weighted by atomic mass is 14.9. The lowest BCUT2D eigenvalue weighted by Crippen LogP contribution is -2.32. The Morgan fingerprint density at radius 2 is 1.00 bits per heavy atom. The van der Waals surface area contributed by atoms with Crippen LogP contribution in [0.4, 0.5) is 0 Å². The van der Waals surface area contributed by atoms with Crippen LogP contribution in [-0.2, 0) is 11.8 Å². The molecular formula is C27H22N2. The van der Waals surface area contributed by atoms with Crippen LogP contribution in [0.5, 0.6) is 0 Å². The molecule has 0 aliphatic carbocycles. The molecule has 140 valence electrons. The first-order valence-corrected chi connectivity index (χ1v) is 9.96. The average Bonchev–Trinajstić information content (AvgIpc) is 3.22. The van der Waals surface area contributed by atoms with Crippen molar-refractivity contribution in [2.45, 2.75) is 11.8 Å². The molecule has 2 heteroatoms. The standard InChI is InChI=1S/C27H22N2/c1-4-12-21(13-5-1)27(22-14-6-2-7-15-22,23-16-8-3-9-17-23)20-26-28-24-18-10-11-19-25(24)29-26/h1-19H,20H2,(H,28,29). The number of fused-ring (bicyclic) bond motifs is 1. The van der Waals surface area contributed by atoms with Gasteiger partial charge < -0.3 is 4.98 Å². The predicted molar refractivity (Wildman–Crippen MR) is 119 cm³/mol. The molecule has 5 aromatic rings. The number of para-hydroxylation sites is 2. The van der Waals surface area contributed by atoms with Gasteiger partial charge >= 0.3 is 0 Å². The van der Waals surface area contributed by atoms with E-state index in [2.05, 4.69) is 108 Å². The maximum atomic E-state index is 4.92. The molecule has 0 saturated heterocycles. The fourth-order valence-corrected chi connectivity index (χ4v) is 4.31. The zero-order valence-electron chi connectivity index (χ0n) is 16.1. The summed E-state index contributed by atoms with van der Waals surface area (Å²) < 4.78 is 0. The summed E-state index contributed by atoms with van der Waals surface area (Å²) in [6, 6.07) is 40.5. The number of H-pyrrole nitrogens is 1. The zero-order valence-corrected chi connectivity index (χ0v) is 16.1. The quantitative estimate of drug-likeness (QED) is 0.368. The van der Waals surface area contributed by atoms with Crippen LogP contribution in [0.25, 0.3) is 11.0 Å². The van der Waals surface area contributed by atoms with E-state index in [-0.39, 0.29) is 5.41 Å². The van der Waals surface area contributed by atoms with Crippen LogP contribution in [0.3, 0.4) is 0 Å². The lowest BCUT2D eigenvalue weighted by Gasteiger charge is -2.35. The van der Waals surface area contributed by atoms with Crippen LogP contribution in [-0.4, -0.2) is 9.97 Å². The molecule has 0 atom stereocenters. The van der Waals surface area contributed by atoms with E-state index in [1.807, 2.05) is 12.1 Å². The van der Waals surface area contributed by atoms with E-state index in [1.54, 1.807) is 0 Å². The number of nitrogens with zero attached hydrogens (tertiary/aromatic N) is 1. The topological polar surface area (TPSA) is 28.7 Å². The number of aromatic nitrogens is 2. The van der Waals surface area contributed by atoms with Crippen molar-refractivity contribution in [1.29, 1.82) is 0 Å². The summed E-state index contributed by atoms with van der Waals surface area (Å²) in [5, 5.41) is 0. The van der Waals surface area contributed by atoms with Crippen LogP contribution in [0.2, 0.25) is 0 Å². The summed E-state index contributed by atoms with van der Waals surface area (Å²) in [6.07, 6.45) is 0.750. The van der Waals surface area contributed by atoms with E-state index < -0.39 is 0 Å². The molecule has 4 aromatic carbocycles. The minimum Gasteiger partial charge on any atom is -0.342 e. The van der Waals surface area contributed by atoms with Crippen molar-refractivity contribution in [2.24, 2.45) is 0 Å². The molecule has 0 aliphatic heterocycles. The van der Waals surface area contributed by atoms with Gasteiger partial charge in [-0.15, -0.1) is 0 Å². The largest absolute Gasteiger partial charge is 0.342 e. The molecule has 5 rings (SSSR count). The Morgan fingerprint density at radius 3 is 1.48 bits per heavy atom. The molecule has 29 heavy (non-hydrogen) atoms. The third kappa shape index (κ3) is 3.13. The summed E-state index contributed by atoms with van der Waals surface area (Å²) in [5.74, 6) is 0.989. The number of aromatic amines is 1. The predicted octanol–water partition coefficient (Wildman–Crippen LogP) is 6.14. The third-order valence-electron chi connectivity index (χ3n) is 5.67. The summed E-state index contributed by atoms with van der Waals surface area (Å²) in [7, 11) is 0. The van der Waals surface area contributed by atoms with E-state index in [4.69, 9.17) is 4.98 Å². The number of hydrogen-bond acceptors (Lipinski definition) is 1. The van der Waals surface area contributed by atoms with Crippen LogP contribution in [0.1, 0.15) is 22.5 Å². The highest BCUT2D eigenvalue weighted by Gasteiger charge is 2.37. The first kappa shape index (κ1) is 17.4. The number of nitrogens with one attached hydrogen (secondary N) is 1. The number of rotatable bonds is 5. The second-order valence-corrected chi connectivity index (χ2v) is 7.38. The molecule has 1 aromatic heterocycles. The first-order chi connectivity index (χ1) is 14.4. The minimum absolute atomic E-state index is 0.336. The summed E-state index contributed by atoms with van der Waals surface area (Å²) in [6.45, 7) is 0. The van der Waals surface area contributed by atoms with Crippen LogP contribution in [0.15, 0.2) is 115 Å². The molecule has 0 amide bonds. The molecule has 2 nitrogen and oxygen atoms in total. The van der Waals surface area contributed by atoms with Gasteiger partial charge in [-0.1, -0.05) is 103 Å². The number of benzene rings is 4. The summed E-state index contributed by atoms with van der Waals surface area (Å²) in [5.41, 5.74) is 5.53. The van der Waals surface area contributed by atoms with Crippen molar-refractivity contribution in [1.82, 2.24) is 9.97 Å². The molecule has 1 heterocycles. The monoisotopic (exact) mass is 374 g/mol. The molecule has 0 radical (unpaired) electrons. The van der Waals surface area contributed by atoms with Gasteiger partial charge in [-0.05, 0) is 28.8 Å². The van der Waals surface area contributed by atoms with Crippen molar-refractivity contribution in [3.05, 3.63) is 138 Å². The van der Waals surface area contributed by atoms with Gasteiger partial charge in [0.25, 0.3) is 0 Å². The Bertz CT molecular complexity index is 1080. The van der Waals surface area contributed by atoms with Gasteiger partial charge in [0.2, 0.25) is 0 Å². The average molecular weight is 374 g/mol. The van der Waals surface area contributed by atoms with Crippen molar-refractivity contribution < 1.29 is 0 Å². The van der Waals surface area contributed by atoms with Crippen molar-refractivity contribution in [3.8, 4) is 0 Å². The highest BCUT2D eigenvalue weighted by molar-refractivity contribution is 5.74. The maximum Gasteiger partial charge on any atom is 0.108 e. The lowest BCUT2D eigenvalue weighted by atomic mass is 9.67. The molecule has 0 aliphatic rings. The van der Waals surface area contributed by atoms with Crippen LogP contribution < -0.4 is 0 Å². The number of imidazole rings is 1. The number of hydrogen-bond donors (Lipinski definition) is 1. The molecule has 0 fully saturated rings. The third-order valence-corrected chi connectivity index (χ3v) is 5.67. The van der Waals surface area contributed by atoms with Gasteiger partial charge in [-0.2, -0.15) is 0 Å². The Morgan fingerprint density at radius 1 is 0.552 bits per heavy atom. The van der Waals surface area contributed by atoms with Gasteiger partial charge in [-0.25, -0.2) is 4.98 Å². The second kappa shape index (κ2) is 7.40. The van der Waals surface area contributed by atoms with E-state index >= 15 is 0 Å². The molecule has 1 N–H and O–H groups in total. The van der Waals surface area contributed by atoms with E-state index in [0.29, 0.717) is 0 Å². The van der Waals surface area contributed by atoms with Gasteiger partial charge in [0.1, 0.15) is 5.82 Å². The SMILES string of the molecule is c1ccc(C(Cc2nc3ccccc3[nH]2)(c2ccccc2)c2ccccc2)cc1. The molecule has 0 spiro atoms. The maximum absolute atomic E-state index is 4.92. The van der Waals surface area contributed by atoms with Crippen molar-refractivity contribution in [2.75, 3.05) is 0 Å². The van der Waals surface area contributed by atoms with Crippen molar-refractivity contribution in [3.63, 3.8) is 0 Å². The Balaban J connectivity index is 1.77. The smallest absolute Gasteiger partial charge is 0.108 e. The van der Waals surface area contributed by atoms with E-state index in [9.17, 15) is 0 Å². The molecular weight excluding hydrogens is 352 g/mol. The zero-order chi connectivity index (χ0) is 19.5. The normalized spacial score (nSPS) is 11.6. The fraction of sp³-hybridized carbons (Fsp3) is 0.0741. The van der Waals surface area contributed by atoms with Gasteiger partial charge in [0.05, 0.1) is 16.4 Å². The van der Waals surface area contributed by atoms with Crippen molar-refractivity contribution >= 4 is 11.0 Å². The molecule has 0 unspecified atom stereocenters. The van der Waals surface area contributed by atoms with Crippen LogP contribution in [0, 0.1) is 0 Å². The Hall–Kier alpha value is -3.65. The molecule has 0 bridgehead atoms. The van der Waals surface area contributed by atoms with Crippen LogP contribution >= 0.6 is 0 Å². The molecule has 0 saturated carbocycles. The van der Waals surface area contributed by atoms with Gasteiger partial charge in [-0.3, -0.25) is 0 Å². The highest BCUT2D eigenvalue weighted by Crippen LogP contribution is 2.41. The summed E-state index contributed by atoms with van der Waals surface area (Å²) in [4.78, 5) is 8.47. The van der Waals surface area contributed by atoms with E-state index in [1.165, 1.54) is 16.7 Å². The van der Waals surface area contributed by atoms with Gasteiger partial charge in [0.15, 0.2) is 0 Å². The lowest BCUT2D eigenvalue weighted by molar-refractivity contribution is 0.596. The minimum atomic E-state index is -0.336. The Labute approximate surface area is 170 Å². The van der Waals surface area contributed by atoms with Gasteiger partial charge in [0, 0.05) is 6.42 Å². The fourth-order valence-electron chi connectivity index (χ4n) is 4.31. The Kier molecular flexibility index (Phi) is 4.45. The first-order valence-electron chi connectivity index (χ1n) is 9.96. The second-order valence-electron chi connectivity index (χ2n) is 7.38. The summed E-state index contributed by atoms with van der Waals surface area (Å²) >= 11 is 0.